The van der Waals surface area contributed by atoms with Gasteiger partial charge < -0.3 is 15.3 Å². The fourth-order valence-electron chi connectivity index (χ4n) is 1.47. The first kappa shape index (κ1) is 14.8. The number of aliphatic carboxylic acids is 1. The van der Waals surface area contributed by atoms with E-state index in [-0.39, 0.29) is 18.4 Å². The number of hydrogen-bond acceptors (Lipinski definition) is 4. The Morgan fingerprint density at radius 1 is 1.44 bits per heavy atom. The van der Waals surface area contributed by atoms with Crippen molar-refractivity contribution in [3.8, 4) is 0 Å². The summed E-state index contributed by atoms with van der Waals surface area (Å²) in [5.74, 6) is -0.330. The predicted octanol–water partition coefficient (Wildman–Crippen LogP) is 0.135. The molecule has 1 fully saturated rings. The molecule has 1 rings (SSSR count). The number of thioether (sulfide) groups is 1. The first-order valence-electron chi connectivity index (χ1n) is 5.62. The third-order valence-electron chi connectivity index (χ3n) is 2.87. The average Bonchev–Trinajstić information content (AvgIpc) is 2.74. The Hall–Kier alpha value is -1.24. The lowest BCUT2D eigenvalue weighted by atomic mass is 9.94. The van der Waals surface area contributed by atoms with Gasteiger partial charge in [-0.05, 0) is 13.8 Å². The van der Waals surface area contributed by atoms with E-state index in [4.69, 9.17) is 5.11 Å². The van der Waals surface area contributed by atoms with Crippen LogP contribution in [-0.4, -0.2) is 52.0 Å². The van der Waals surface area contributed by atoms with Crippen LogP contribution in [0.3, 0.4) is 0 Å². The van der Waals surface area contributed by atoms with Gasteiger partial charge in [-0.1, -0.05) is 0 Å². The van der Waals surface area contributed by atoms with Crippen molar-refractivity contribution in [2.24, 2.45) is 5.41 Å². The van der Waals surface area contributed by atoms with Crippen LogP contribution < -0.4 is 5.32 Å². The number of nitrogens with one attached hydrogen (secondary N) is 1. The van der Waals surface area contributed by atoms with Crippen LogP contribution >= 0.6 is 11.8 Å². The molecule has 2 N–H and O–H groups in total. The smallest absolute Gasteiger partial charge is 0.310 e. The summed E-state index contributed by atoms with van der Waals surface area (Å²) in [6.07, 6.45) is 0. The molecule has 0 aromatic heterocycles. The second-order valence-electron chi connectivity index (χ2n) is 4.91. The van der Waals surface area contributed by atoms with Gasteiger partial charge in [0.15, 0.2) is 0 Å². The Morgan fingerprint density at radius 2 is 2.06 bits per heavy atom. The van der Waals surface area contributed by atoms with E-state index in [0.29, 0.717) is 11.6 Å². The van der Waals surface area contributed by atoms with Crippen molar-refractivity contribution in [1.82, 2.24) is 10.2 Å². The molecule has 0 aromatic rings. The third kappa shape index (κ3) is 3.38. The van der Waals surface area contributed by atoms with Crippen LogP contribution in [0, 0.1) is 5.41 Å². The molecule has 1 saturated heterocycles. The number of carbonyl (C=O) groups is 3. The summed E-state index contributed by atoms with van der Waals surface area (Å²) in [7, 11) is 0. The number of carboxylic acids is 1. The summed E-state index contributed by atoms with van der Waals surface area (Å²) >= 11 is 1.51. The minimum Gasteiger partial charge on any atom is -0.481 e. The zero-order valence-electron chi connectivity index (χ0n) is 10.7. The Morgan fingerprint density at radius 3 is 2.56 bits per heavy atom. The van der Waals surface area contributed by atoms with Gasteiger partial charge in [0, 0.05) is 19.2 Å². The molecule has 18 heavy (non-hydrogen) atoms. The maximum Gasteiger partial charge on any atom is 0.310 e. The fourth-order valence-corrected chi connectivity index (χ4v) is 2.69. The topological polar surface area (TPSA) is 86.7 Å². The van der Waals surface area contributed by atoms with Crippen LogP contribution in [-0.2, 0) is 14.4 Å². The maximum absolute atomic E-state index is 11.9. The monoisotopic (exact) mass is 274 g/mol. The normalized spacial score (nSPS) is 19.7. The van der Waals surface area contributed by atoms with E-state index in [1.807, 2.05) is 0 Å². The molecule has 0 radical (unpaired) electrons. The lowest BCUT2D eigenvalue weighted by molar-refractivity contribution is -0.147. The quantitative estimate of drug-likeness (QED) is 0.761. The van der Waals surface area contributed by atoms with Gasteiger partial charge in [-0.25, -0.2) is 0 Å². The molecule has 6 nitrogen and oxygen atoms in total. The van der Waals surface area contributed by atoms with Gasteiger partial charge in [0.25, 0.3) is 0 Å². The molecule has 1 atom stereocenters. The number of rotatable bonds is 4. The van der Waals surface area contributed by atoms with E-state index in [2.05, 4.69) is 5.32 Å². The van der Waals surface area contributed by atoms with Gasteiger partial charge in [-0.15, -0.1) is 11.8 Å². The van der Waals surface area contributed by atoms with Gasteiger partial charge in [-0.3, -0.25) is 14.4 Å². The van der Waals surface area contributed by atoms with Gasteiger partial charge in [0.2, 0.25) is 11.8 Å². The van der Waals surface area contributed by atoms with E-state index in [1.165, 1.54) is 23.6 Å². The van der Waals surface area contributed by atoms with Crippen LogP contribution in [0.2, 0.25) is 0 Å². The third-order valence-corrected chi connectivity index (χ3v) is 3.89. The number of amides is 2. The summed E-state index contributed by atoms with van der Waals surface area (Å²) < 4.78 is 0. The fraction of sp³-hybridized carbons (Fsp3) is 0.727. The highest BCUT2D eigenvalue weighted by Gasteiger charge is 2.34. The van der Waals surface area contributed by atoms with Crippen LogP contribution in [0.5, 0.6) is 0 Å². The number of carbonyl (C=O) groups excluding carboxylic acids is 2. The molecule has 102 valence electrons. The predicted molar refractivity (Wildman–Crippen MR) is 68.1 cm³/mol. The molecule has 2 amide bonds. The Labute approximate surface area is 110 Å². The molecular weight excluding hydrogens is 256 g/mol. The van der Waals surface area contributed by atoms with Gasteiger partial charge >= 0.3 is 5.97 Å². The Balaban J connectivity index is 2.56. The molecule has 0 saturated carbocycles. The number of nitrogens with zero attached hydrogens (tertiary/aromatic N) is 1. The van der Waals surface area contributed by atoms with Crippen LogP contribution in [0.15, 0.2) is 0 Å². The summed E-state index contributed by atoms with van der Waals surface area (Å²) in [5.41, 5.74) is -1.01. The summed E-state index contributed by atoms with van der Waals surface area (Å²) in [4.78, 5) is 35.6. The van der Waals surface area contributed by atoms with Gasteiger partial charge in [0.05, 0.1) is 11.3 Å². The molecule has 0 unspecified atom stereocenters. The summed E-state index contributed by atoms with van der Waals surface area (Å²) in [6.45, 7) is 4.56. The lowest BCUT2D eigenvalue weighted by Crippen LogP contribution is -2.49. The molecule has 0 aromatic carbocycles. The number of hydrogen-bond donors (Lipinski definition) is 2. The van der Waals surface area contributed by atoms with Gasteiger partial charge in [0.1, 0.15) is 6.04 Å². The zero-order chi connectivity index (χ0) is 13.9. The highest BCUT2D eigenvalue weighted by Crippen LogP contribution is 2.21. The first-order chi connectivity index (χ1) is 8.25. The van der Waals surface area contributed by atoms with E-state index < -0.39 is 17.4 Å². The van der Waals surface area contributed by atoms with E-state index >= 15 is 0 Å². The highest BCUT2D eigenvalue weighted by molar-refractivity contribution is 7.99. The van der Waals surface area contributed by atoms with Crippen LogP contribution in [0.4, 0.5) is 0 Å². The first-order valence-corrected chi connectivity index (χ1v) is 6.77. The Kier molecular flexibility index (Phi) is 4.61. The Bertz CT molecular complexity index is 370. The SMILES string of the molecule is CC(=O)N1CSC[C@H]1C(=O)NCC(C)(C)C(=O)O. The van der Waals surface area contributed by atoms with Crippen molar-refractivity contribution in [3.05, 3.63) is 0 Å². The minimum atomic E-state index is -1.01. The molecule has 0 spiro atoms. The molecule has 1 aliphatic rings. The lowest BCUT2D eigenvalue weighted by Gasteiger charge is -2.24. The van der Waals surface area contributed by atoms with Crippen molar-refractivity contribution in [3.63, 3.8) is 0 Å². The minimum absolute atomic E-state index is 0.0497. The van der Waals surface area contributed by atoms with E-state index in [9.17, 15) is 14.4 Å². The average molecular weight is 274 g/mol. The molecule has 1 heterocycles. The van der Waals surface area contributed by atoms with E-state index in [0.717, 1.165) is 0 Å². The van der Waals surface area contributed by atoms with E-state index in [1.54, 1.807) is 13.8 Å². The second kappa shape index (κ2) is 5.60. The van der Waals surface area contributed by atoms with Crippen molar-refractivity contribution in [2.45, 2.75) is 26.8 Å². The van der Waals surface area contributed by atoms with Crippen molar-refractivity contribution < 1.29 is 19.5 Å². The van der Waals surface area contributed by atoms with Crippen molar-refractivity contribution in [1.29, 1.82) is 0 Å². The molecular formula is C11H18N2O4S. The zero-order valence-corrected chi connectivity index (χ0v) is 11.5. The summed E-state index contributed by atoms with van der Waals surface area (Å²) in [5, 5.41) is 11.5. The molecule has 7 heteroatoms. The largest absolute Gasteiger partial charge is 0.481 e. The molecule has 0 bridgehead atoms. The van der Waals surface area contributed by atoms with Crippen molar-refractivity contribution >= 4 is 29.5 Å². The molecule has 0 aliphatic carbocycles. The second-order valence-corrected chi connectivity index (χ2v) is 5.91. The highest BCUT2D eigenvalue weighted by atomic mass is 32.2. The standard InChI is InChI=1S/C11H18N2O4S/c1-7(14)13-6-18-4-8(13)9(15)12-5-11(2,3)10(16)17/h8H,4-6H2,1-3H3,(H,12,15)(H,16,17)/t8-/m0/s1. The van der Waals surface area contributed by atoms with Gasteiger partial charge in [-0.2, -0.15) is 0 Å². The van der Waals surface area contributed by atoms with Crippen LogP contribution in [0.1, 0.15) is 20.8 Å². The summed E-state index contributed by atoms with van der Waals surface area (Å²) in [6, 6.07) is -0.489. The molecule has 1 aliphatic heterocycles. The maximum atomic E-state index is 11.9. The van der Waals surface area contributed by atoms with Crippen LogP contribution in [0.25, 0.3) is 0 Å². The van der Waals surface area contributed by atoms with Crippen molar-refractivity contribution in [2.75, 3.05) is 18.2 Å². The number of carboxylic acid groups (broad SMARTS) is 1.